The Morgan fingerprint density at radius 2 is 1.67 bits per heavy atom. The summed E-state index contributed by atoms with van der Waals surface area (Å²) in [5.74, 6) is 1.50. The van der Waals surface area contributed by atoms with Gasteiger partial charge in [0, 0.05) is 12.8 Å². The standard InChI is InChI=1S/C17H25N3O/c1-3-12-18-13-4-5-16-19-20-17(21-16)11-10-15-8-6-14(2)7-9-15/h6-9,18H,3-5,10-13H2,1-2H3. The van der Waals surface area contributed by atoms with Gasteiger partial charge >= 0.3 is 0 Å². The van der Waals surface area contributed by atoms with Crippen molar-refractivity contribution in [3.63, 3.8) is 0 Å². The van der Waals surface area contributed by atoms with Gasteiger partial charge in [-0.3, -0.25) is 0 Å². The summed E-state index contributed by atoms with van der Waals surface area (Å²) in [4.78, 5) is 0. The SMILES string of the molecule is CCCNCCCc1nnc(CCc2ccc(C)cc2)o1. The van der Waals surface area contributed by atoms with Gasteiger partial charge in [0.25, 0.3) is 0 Å². The summed E-state index contributed by atoms with van der Waals surface area (Å²) >= 11 is 0. The topological polar surface area (TPSA) is 51.0 Å². The van der Waals surface area contributed by atoms with Crippen LogP contribution in [0.1, 0.15) is 42.7 Å². The third kappa shape index (κ3) is 5.68. The molecule has 0 fully saturated rings. The van der Waals surface area contributed by atoms with E-state index in [1.165, 1.54) is 17.5 Å². The minimum Gasteiger partial charge on any atom is -0.425 e. The summed E-state index contributed by atoms with van der Waals surface area (Å²) in [6, 6.07) is 8.59. The van der Waals surface area contributed by atoms with Crippen molar-refractivity contribution in [3.8, 4) is 0 Å². The zero-order chi connectivity index (χ0) is 14.9. The fraction of sp³-hybridized carbons (Fsp3) is 0.529. The molecule has 114 valence electrons. The predicted molar refractivity (Wildman–Crippen MR) is 84.4 cm³/mol. The highest BCUT2D eigenvalue weighted by molar-refractivity contribution is 5.21. The van der Waals surface area contributed by atoms with Crippen LogP contribution in [0.5, 0.6) is 0 Å². The molecule has 1 aromatic heterocycles. The Bertz CT molecular complexity index is 519. The van der Waals surface area contributed by atoms with Gasteiger partial charge in [0.1, 0.15) is 0 Å². The summed E-state index contributed by atoms with van der Waals surface area (Å²) in [7, 11) is 0. The third-order valence-electron chi connectivity index (χ3n) is 3.43. The van der Waals surface area contributed by atoms with E-state index in [0.717, 1.165) is 50.6 Å². The smallest absolute Gasteiger partial charge is 0.216 e. The normalized spacial score (nSPS) is 11.0. The molecule has 1 N–H and O–H groups in total. The van der Waals surface area contributed by atoms with Crippen LogP contribution in [0, 0.1) is 6.92 Å². The van der Waals surface area contributed by atoms with Crippen molar-refractivity contribution in [1.29, 1.82) is 0 Å². The van der Waals surface area contributed by atoms with Crippen LogP contribution in [0.25, 0.3) is 0 Å². The molecule has 0 aliphatic carbocycles. The highest BCUT2D eigenvalue weighted by atomic mass is 16.4. The van der Waals surface area contributed by atoms with Crippen LogP contribution in [0.15, 0.2) is 28.7 Å². The Balaban J connectivity index is 1.71. The second-order valence-electron chi connectivity index (χ2n) is 5.43. The summed E-state index contributed by atoms with van der Waals surface area (Å²) < 4.78 is 5.69. The third-order valence-corrected chi connectivity index (χ3v) is 3.43. The average molecular weight is 287 g/mol. The number of nitrogens with one attached hydrogen (secondary N) is 1. The van der Waals surface area contributed by atoms with Gasteiger partial charge in [-0.15, -0.1) is 10.2 Å². The summed E-state index contributed by atoms with van der Waals surface area (Å²) in [5, 5.41) is 11.6. The minimum absolute atomic E-state index is 0.743. The lowest BCUT2D eigenvalue weighted by Crippen LogP contribution is -2.16. The molecule has 0 radical (unpaired) electrons. The molecule has 4 heteroatoms. The summed E-state index contributed by atoms with van der Waals surface area (Å²) in [6.07, 6.45) is 4.82. The van der Waals surface area contributed by atoms with Crippen molar-refractivity contribution in [2.24, 2.45) is 0 Å². The zero-order valence-electron chi connectivity index (χ0n) is 13.1. The van der Waals surface area contributed by atoms with Crippen LogP contribution < -0.4 is 5.32 Å². The van der Waals surface area contributed by atoms with Crippen molar-refractivity contribution in [1.82, 2.24) is 15.5 Å². The molecule has 0 aliphatic heterocycles. The van der Waals surface area contributed by atoms with E-state index < -0.39 is 0 Å². The molecule has 0 saturated heterocycles. The lowest BCUT2D eigenvalue weighted by atomic mass is 10.1. The molecule has 0 atom stereocenters. The first-order valence-corrected chi connectivity index (χ1v) is 7.85. The maximum Gasteiger partial charge on any atom is 0.216 e. The number of aromatic nitrogens is 2. The first-order valence-electron chi connectivity index (χ1n) is 7.85. The molecule has 0 spiro atoms. The van der Waals surface area contributed by atoms with Gasteiger partial charge in [-0.05, 0) is 44.8 Å². The molecule has 0 unspecified atom stereocenters. The van der Waals surface area contributed by atoms with Crippen molar-refractivity contribution in [3.05, 3.63) is 47.2 Å². The molecule has 1 heterocycles. The van der Waals surface area contributed by atoms with Crippen molar-refractivity contribution < 1.29 is 4.42 Å². The maximum absolute atomic E-state index is 5.69. The summed E-state index contributed by atoms with van der Waals surface area (Å²) in [5.41, 5.74) is 2.60. The van der Waals surface area contributed by atoms with Crippen molar-refractivity contribution >= 4 is 0 Å². The Morgan fingerprint density at radius 1 is 0.952 bits per heavy atom. The van der Waals surface area contributed by atoms with Gasteiger partial charge in [-0.1, -0.05) is 36.8 Å². The van der Waals surface area contributed by atoms with E-state index in [9.17, 15) is 0 Å². The van der Waals surface area contributed by atoms with Gasteiger partial charge in [-0.25, -0.2) is 0 Å². The molecular formula is C17H25N3O. The average Bonchev–Trinajstić information content (AvgIpc) is 2.94. The largest absolute Gasteiger partial charge is 0.425 e. The fourth-order valence-corrected chi connectivity index (χ4v) is 2.16. The van der Waals surface area contributed by atoms with Gasteiger partial charge in [0.05, 0.1) is 0 Å². The van der Waals surface area contributed by atoms with E-state index in [-0.39, 0.29) is 0 Å². The number of aryl methyl sites for hydroxylation is 4. The highest BCUT2D eigenvalue weighted by Gasteiger charge is 2.06. The molecule has 1 aromatic carbocycles. The maximum atomic E-state index is 5.69. The molecule has 0 bridgehead atoms. The lowest BCUT2D eigenvalue weighted by Gasteiger charge is -2.00. The van der Waals surface area contributed by atoms with Crippen LogP contribution in [0.4, 0.5) is 0 Å². The van der Waals surface area contributed by atoms with Crippen molar-refractivity contribution in [2.45, 2.75) is 46.0 Å². The Kier molecular flexibility index (Phi) is 6.41. The monoisotopic (exact) mass is 287 g/mol. The molecule has 2 aromatic rings. The van der Waals surface area contributed by atoms with Gasteiger partial charge in [0.2, 0.25) is 11.8 Å². The zero-order valence-corrected chi connectivity index (χ0v) is 13.1. The first-order chi connectivity index (χ1) is 10.3. The minimum atomic E-state index is 0.743. The van der Waals surface area contributed by atoms with Crippen LogP contribution in [-0.4, -0.2) is 23.3 Å². The van der Waals surface area contributed by atoms with E-state index in [1.807, 2.05) is 0 Å². The Hall–Kier alpha value is -1.68. The predicted octanol–water partition coefficient (Wildman–Crippen LogP) is 3.10. The first kappa shape index (κ1) is 15.7. The van der Waals surface area contributed by atoms with Crippen molar-refractivity contribution in [2.75, 3.05) is 13.1 Å². The number of hydrogen-bond acceptors (Lipinski definition) is 4. The van der Waals surface area contributed by atoms with Crippen LogP contribution >= 0.6 is 0 Å². The quantitative estimate of drug-likeness (QED) is 0.720. The van der Waals surface area contributed by atoms with Crippen LogP contribution in [0.2, 0.25) is 0 Å². The van der Waals surface area contributed by atoms with E-state index in [0.29, 0.717) is 0 Å². The van der Waals surface area contributed by atoms with E-state index >= 15 is 0 Å². The number of rotatable bonds is 9. The van der Waals surface area contributed by atoms with Gasteiger partial charge < -0.3 is 9.73 Å². The Morgan fingerprint density at radius 3 is 2.38 bits per heavy atom. The molecule has 0 aliphatic rings. The van der Waals surface area contributed by atoms with Crippen LogP contribution in [0.3, 0.4) is 0 Å². The molecule has 21 heavy (non-hydrogen) atoms. The molecule has 2 rings (SSSR count). The highest BCUT2D eigenvalue weighted by Crippen LogP contribution is 2.09. The molecule has 4 nitrogen and oxygen atoms in total. The number of hydrogen-bond donors (Lipinski definition) is 1. The molecule has 0 saturated carbocycles. The van der Waals surface area contributed by atoms with E-state index in [1.54, 1.807) is 0 Å². The van der Waals surface area contributed by atoms with E-state index in [4.69, 9.17) is 4.42 Å². The molecule has 0 amide bonds. The lowest BCUT2D eigenvalue weighted by molar-refractivity contribution is 0.441. The summed E-state index contributed by atoms with van der Waals surface area (Å²) in [6.45, 7) is 6.36. The van der Waals surface area contributed by atoms with Gasteiger partial charge in [-0.2, -0.15) is 0 Å². The fourth-order valence-electron chi connectivity index (χ4n) is 2.16. The second-order valence-corrected chi connectivity index (χ2v) is 5.43. The van der Waals surface area contributed by atoms with Gasteiger partial charge in [0.15, 0.2) is 0 Å². The second kappa shape index (κ2) is 8.57. The number of nitrogens with zero attached hydrogens (tertiary/aromatic N) is 2. The van der Waals surface area contributed by atoms with Crippen LogP contribution in [-0.2, 0) is 19.3 Å². The molecular weight excluding hydrogens is 262 g/mol. The number of benzene rings is 1. The van der Waals surface area contributed by atoms with E-state index in [2.05, 4.69) is 53.6 Å². The Labute approximate surface area is 127 Å².